The molecule has 10 heteroatoms. The largest absolute Gasteiger partial charge is 0.493 e. The predicted molar refractivity (Wildman–Crippen MR) is 127 cm³/mol. The minimum absolute atomic E-state index is 0.173. The van der Waals surface area contributed by atoms with E-state index in [0.29, 0.717) is 42.4 Å². The molecule has 1 saturated carbocycles. The second-order valence-electron chi connectivity index (χ2n) is 10.3. The predicted octanol–water partition coefficient (Wildman–Crippen LogP) is 2.21. The normalized spacial score (nSPS) is 36.1. The molecule has 3 aliphatic heterocycles. The van der Waals surface area contributed by atoms with Crippen LogP contribution in [0.3, 0.4) is 0 Å². The van der Waals surface area contributed by atoms with Crippen LogP contribution in [0.1, 0.15) is 46.9 Å². The Morgan fingerprint density at radius 2 is 1.84 bits per heavy atom. The number of aliphatic hydroxyl groups is 1. The van der Waals surface area contributed by atoms with Crippen molar-refractivity contribution in [3.05, 3.63) is 47.0 Å². The van der Waals surface area contributed by atoms with E-state index in [4.69, 9.17) is 33.2 Å². The molecular weight excluding hydrogens is 482 g/mol. The molecule has 37 heavy (non-hydrogen) atoms. The summed E-state index contributed by atoms with van der Waals surface area (Å²) in [6.07, 6.45) is -0.645. The van der Waals surface area contributed by atoms with Crippen molar-refractivity contribution in [2.75, 3.05) is 34.7 Å². The van der Waals surface area contributed by atoms with Gasteiger partial charge in [0.25, 0.3) is 0 Å². The maximum atomic E-state index is 13.3. The quantitative estimate of drug-likeness (QED) is 0.579. The summed E-state index contributed by atoms with van der Waals surface area (Å²) in [4.78, 5) is 13.3. The van der Waals surface area contributed by atoms with Crippen LogP contribution >= 0.6 is 0 Å². The molecule has 7 rings (SSSR count). The summed E-state index contributed by atoms with van der Waals surface area (Å²) < 4.78 is 40.7. The number of benzene rings is 2. The van der Waals surface area contributed by atoms with Crippen LogP contribution in [-0.4, -0.2) is 69.3 Å². The van der Waals surface area contributed by atoms with Crippen LogP contribution in [0.4, 0.5) is 0 Å². The van der Waals surface area contributed by atoms with Gasteiger partial charge in [-0.3, -0.25) is 0 Å². The van der Waals surface area contributed by atoms with Gasteiger partial charge in [-0.2, -0.15) is 0 Å². The second-order valence-corrected chi connectivity index (χ2v) is 10.3. The standard InChI is InChI=1S/C27H29NO9/c1-31-17-5-4-14(8-18(17)32-2)24(30)36-22-11-25-6-7-28-26(25)12-21(37-27(26,33-3)23(22)29)15-9-19-20(10-16(15)25)35-13-34-19/h4-5,8-10,21-23,28-29H,6-7,11-13H2,1-3H3/t21-,22-,23-,25-,26-,27-/m0/s1. The highest BCUT2D eigenvalue weighted by Gasteiger charge is 2.81. The lowest BCUT2D eigenvalue weighted by Crippen LogP contribution is -2.77. The molecule has 0 aromatic heterocycles. The van der Waals surface area contributed by atoms with Crippen molar-refractivity contribution in [3.63, 3.8) is 0 Å². The summed E-state index contributed by atoms with van der Waals surface area (Å²) in [5.74, 6) is 0.286. The number of hydrogen-bond donors (Lipinski definition) is 2. The third-order valence-corrected chi connectivity index (χ3v) is 9.08. The number of fused-ring (bicyclic) bond motifs is 4. The van der Waals surface area contributed by atoms with E-state index < -0.39 is 34.9 Å². The lowest BCUT2D eigenvalue weighted by Gasteiger charge is -2.59. The van der Waals surface area contributed by atoms with Crippen LogP contribution in [0.25, 0.3) is 0 Å². The number of esters is 1. The maximum absolute atomic E-state index is 13.3. The van der Waals surface area contributed by atoms with E-state index in [0.717, 1.165) is 17.5 Å². The van der Waals surface area contributed by atoms with Crippen LogP contribution in [0, 0.1) is 0 Å². The van der Waals surface area contributed by atoms with Crippen LogP contribution in [0.5, 0.6) is 23.0 Å². The van der Waals surface area contributed by atoms with Crippen LogP contribution in [-0.2, 0) is 19.6 Å². The Morgan fingerprint density at radius 3 is 2.59 bits per heavy atom. The topological polar surface area (TPSA) is 114 Å². The zero-order chi connectivity index (χ0) is 25.6. The molecule has 6 atom stereocenters. The van der Waals surface area contributed by atoms with E-state index in [1.807, 2.05) is 12.1 Å². The number of carbonyl (C=O) groups is 1. The summed E-state index contributed by atoms with van der Waals surface area (Å²) in [6, 6.07) is 8.84. The molecule has 2 saturated heterocycles. The third kappa shape index (κ3) is 2.71. The zero-order valence-corrected chi connectivity index (χ0v) is 20.9. The van der Waals surface area contributed by atoms with Crippen molar-refractivity contribution in [1.29, 1.82) is 0 Å². The first-order chi connectivity index (χ1) is 17.9. The molecule has 3 heterocycles. The zero-order valence-electron chi connectivity index (χ0n) is 20.9. The summed E-state index contributed by atoms with van der Waals surface area (Å²) in [7, 11) is 4.57. The molecule has 5 aliphatic rings. The number of aliphatic hydroxyl groups excluding tert-OH is 1. The van der Waals surface area contributed by atoms with Crippen LogP contribution in [0.2, 0.25) is 0 Å². The Bertz CT molecular complexity index is 1300. The summed E-state index contributed by atoms with van der Waals surface area (Å²) in [5.41, 5.74) is 1.15. The van der Waals surface area contributed by atoms with E-state index in [-0.39, 0.29) is 18.5 Å². The van der Waals surface area contributed by atoms with Gasteiger partial charge in [-0.15, -0.1) is 0 Å². The smallest absolute Gasteiger partial charge is 0.338 e. The van der Waals surface area contributed by atoms with Gasteiger partial charge in [-0.25, -0.2) is 4.79 Å². The number of hydrogen-bond acceptors (Lipinski definition) is 10. The monoisotopic (exact) mass is 511 g/mol. The van der Waals surface area contributed by atoms with Gasteiger partial charge in [-0.05, 0) is 60.8 Å². The number of rotatable bonds is 5. The SMILES string of the molecule is COc1ccc(C(=O)O[C@H]2C[C@]34CCN[C@@]35C[C@H](O[C@@]5(OC)[C@H]2O)c2cc3c(cc24)OCO3)cc1OC. The lowest BCUT2D eigenvalue weighted by molar-refractivity contribution is -0.322. The summed E-state index contributed by atoms with van der Waals surface area (Å²) in [6.45, 7) is 0.880. The first-order valence-corrected chi connectivity index (χ1v) is 12.4. The van der Waals surface area contributed by atoms with Gasteiger partial charge < -0.3 is 43.6 Å². The molecule has 2 N–H and O–H groups in total. The van der Waals surface area contributed by atoms with Gasteiger partial charge >= 0.3 is 5.97 Å². The number of ether oxygens (including phenoxy) is 7. The first kappa shape index (κ1) is 23.1. The number of nitrogens with one attached hydrogen (secondary N) is 1. The molecule has 2 bridgehead atoms. The molecule has 2 aromatic rings. The van der Waals surface area contributed by atoms with E-state index in [9.17, 15) is 9.90 Å². The van der Waals surface area contributed by atoms with Gasteiger partial charge in [0.05, 0.1) is 31.4 Å². The highest BCUT2D eigenvalue weighted by Crippen LogP contribution is 2.70. The Morgan fingerprint density at radius 1 is 1.05 bits per heavy atom. The number of methoxy groups -OCH3 is 3. The maximum Gasteiger partial charge on any atom is 0.338 e. The van der Waals surface area contributed by atoms with Gasteiger partial charge in [0.1, 0.15) is 12.2 Å². The fourth-order valence-electron chi connectivity index (χ4n) is 7.57. The van der Waals surface area contributed by atoms with Crippen LogP contribution in [0.15, 0.2) is 30.3 Å². The average molecular weight is 512 g/mol. The summed E-state index contributed by atoms with van der Waals surface area (Å²) >= 11 is 0. The second kappa shape index (κ2) is 7.73. The van der Waals surface area contributed by atoms with Crippen molar-refractivity contribution in [2.24, 2.45) is 0 Å². The molecule has 2 aliphatic carbocycles. The molecule has 0 radical (unpaired) electrons. The van der Waals surface area contributed by atoms with E-state index in [1.165, 1.54) is 14.2 Å². The minimum Gasteiger partial charge on any atom is -0.493 e. The Labute approximate surface area is 213 Å². The van der Waals surface area contributed by atoms with Crippen molar-refractivity contribution >= 4 is 5.97 Å². The molecule has 3 fully saturated rings. The van der Waals surface area contributed by atoms with Crippen molar-refractivity contribution in [3.8, 4) is 23.0 Å². The van der Waals surface area contributed by atoms with E-state index in [1.54, 1.807) is 25.3 Å². The highest BCUT2D eigenvalue weighted by atomic mass is 16.7. The molecular formula is C27H29NO9. The Hall–Kier alpha value is -3.05. The molecule has 10 nitrogen and oxygen atoms in total. The van der Waals surface area contributed by atoms with Crippen molar-refractivity contribution < 1.29 is 43.1 Å². The number of carbonyl (C=O) groups excluding carboxylic acids is 1. The Kier molecular flexibility index (Phi) is 4.83. The third-order valence-electron chi connectivity index (χ3n) is 9.08. The lowest BCUT2D eigenvalue weighted by atomic mass is 9.51. The van der Waals surface area contributed by atoms with E-state index >= 15 is 0 Å². The molecule has 196 valence electrons. The van der Waals surface area contributed by atoms with Gasteiger partial charge in [0.15, 0.2) is 23.0 Å². The molecule has 1 spiro atoms. The average Bonchev–Trinajstić information content (AvgIpc) is 3.62. The minimum atomic E-state index is -1.42. The van der Waals surface area contributed by atoms with Crippen LogP contribution < -0.4 is 24.3 Å². The highest BCUT2D eigenvalue weighted by molar-refractivity contribution is 5.90. The van der Waals surface area contributed by atoms with Gasteiger partial charge in [0, 0.05) is 18.9 Å². The molecule has 2 aromatic carbocycles. The molecule has 0 unspecified atom stereocenters. The fraction of sp³-hybridized carbons (Fsp3) is 0.519. The fourth-order valence-corrected chi connectivity index (χ4v) is 7.57. The van der Waals surface area contributed by atoms with Crippen molar-refractivity contribution in [2.45, 2.75) is 54.3 Å². The van der Waals surface area contributed by atoms with Gasteiger partial charge in [0.2, 0.25) is 12.6 Å². The first-order valence-electron chi connectivity index (χ1n) is 12.4. The van der Waals surface area contributed by atoms with Gasteiger partial charge in [-0.1, -0.05) is 0 Å². The summed E-state index contributed by atoms with van der Waals surface area (Å²) in [5, 5.41) is 15.4. The van der Waals surface area contributed by atoms with E-state index in [2.05, 4.69) is 5.32 Å². The Balaban J connectivity index is 1.31. The molecule has 0 amide bonds. The van der Waals surface area contributed by atoms with Crippen molar-refractivity contribution in [1.82, 2.24) is 5.32 Å².